The van der Waals surface area contributed by atoms with Crippen molar-refractivity contribution in [3.8, 4) is 28.8 Å². The van der Waals surface area contributed by atoms with E-state index in [2.05, 4.69) is 28.8 Å². The number of pyridine rings is 2. The fourth-order valence-corrected chi connectivity index (χ4v) is 5.88. The normalized spacial score (nSPS) is 21.4. The van der Waals surface area contributed by atoms with Gasteiger partial charge in [0, 0.05) is 49.7 Å². The second-order valence-electron chi connectivity index (χ2n) is 10.8. The van der Waals surface area contributed by atoms with E-state index in [0.29, 0.717) is 43.4 Å². The van der Waals surface area contributed by atoms with Crippen LogP contribution in [0.4, 0.5) is 18.9 Å². The maximum absolute atomic E-state index is 13.7. The van der Waals surface area contributed by atoms with E-state index in [1.165, 1.54) is 12.1 Å². The molecular formula is C31H36ClF3N4O3. The average Bonchev–Trinajstić information content (AvgIpc) is 3.38. The second-order valence-corrected chi connectivity index (χ2v) is 11.2. The molecule has 4 heterocycles. The van der Waals surface area contributed by atoms with E-state index < -0.39 is 11.7 Å². The number of hydrogen-bond donors (Lipinski definition) is 0. The number of nitrogens with zero attached hydrogens (tertiary/aromatic N) is 4. The summed E-state index contributed by atoms with van der Waals surface area (Å²) in [6.07, 6.45) is -0.474. The minimum Gasteiger partial charge on any atom is -0.490 e. The van der Waals surface area contributed by atoms with Crippen LogP contribution >= 0.6 is 11.6 Å². The molecule has 0 unspecified atom stereocenters. The van der Waals surface area contributed by atoms with Gasteiger partial charge >= 0.3 is 6.18 Å². The third-order valence-electron chi connectivity index (χ3n) is 7.78. The van der Waals surface area contributed by atoms with Crippen LogP contribution in [0.2, 0.25) is 5.02 Å². The molecule has 2 aliphatic rings. The summed E-state index contributed by atoms with van der Waals surface area (Å²) >= 11 is 5.86. The first-order valence-electron chi connectivity index (χ1n) is 14.4. The summed E-state index contributed by atoms with van der Waals surface area (Å²) in [7, 11) is 2.07. The van der Waals surface area contributed by atoms with E-state index in [4.69, 9.17) is 30.8 Å². The monoisotopic (exact) mass is 604 g/mol. The van der Waals surface area contributed by atoms with Crippen LogP contribution in [0, 0.1) is 0 Å². The third-order valence-corrected chi connectivity index (χ3v) is 8.02. The summed E-state index contributed by atoms with van der Waals surface area (Å²) in [4.78, 5) is 13.8. The van der Waals surface area contributed by atoms with E-state index in [-0.39, 0.29) is 29.0 Å². The topological polar surface area (TPSA) is 60.0 Å². The molecule has 2 aliphatic heterocycles. The molecule has 0 saturated carbocycles. The first kappa shape index (κ1) is 30.2. The van der Waals surface area contributed by atoms with Crippen LogP contribution in [0.25, 0.3) is 11.3 Å². The molecule has 42 heavy (non-hydrogen) atoms. The smallest absolute Gasteiger partial charge is 0.420 e. The van der Waals surface area contributed by atoms with Crippen LogP contribution in [0.5, 0.6) is 17.5 Å². The molecule has 1 aromatic carbocycles. The summed E-state index contributed by atoms with van der Waals surface area (Å²) in [6, 6.07) is 11.4. The fourth-order valence-electron chi connectivity index (χ4n) is 5.71. The molecule has 2 fully saturated rings. The van der Waals surface area contributed by atoms with Crippen LogP contribution in [0.3, 0.4) is 0 Å². The Bertz CT molecular complexity index is 1380. The molecule has 3 aromatic rings. The molecule has 7 nitrogen and oxygen atoms in total. The lowest BCUT2D eigenvalue weighted by Gasteiger charge is -2.41. The number of likely N-dealkylation sites (tertiary alicyclic amines) is 1. The SMILES string of the molecule is CCOc1ncccc1-c1ccc(N2CC[C@@H](Oc3ccc(Cl)cc3C(F)(F)F)C[C@H]2CC)c(O[C@@H]2CCN(C)C2)n1. The molecule has 0 N–H and O–H groups in total. The van der Waals surface area contributed by atoms with Crippen LogP contribution in [0.1, 0.15) is 45.1 Å². The number of aromatic nitrogens is 2. The zero-order valence-electron chi connectivity index (χ0n) is 24.0. The molecule has 0 aliphatic carbocycles. The molecule has 0 spiro atoms. The second kappa shape index (κ2) is 13.0. The van der Waals surface area contributed by atoms with Gasteiger partial charge in [0.2, 0.25) is 11.8 Å². The van der Waals surface area contributed by atoms with Crippen molar-refractivity contribution in [2.75, 3.05) is 38.2 Å². The van der Waals surface area contributed by atoms with Gasteiger partial charge in [-0.1, -0.05) is 18.5 Å². The first-order chi connectivity index (χ1) is 20.2. The van der Waals surface area contributed by atoms with Gasteiger partial charge in [0.15, 0.2) is 0 Å². The van der Waals surface area contributed by atoms with E-state index in [1.54, 1.807) is 6.20 Å². The lowest BCUT2D eigenvalue weighted by atomic mass is 9.96. The van der Waals surface area contributed by atoms with Crippen molar-refractivity contribution >= 4 is 17.3 Å². The number of rotatable bonds is 9. The van der Waals surface area contributed by atoms with Gasteiger partial charge in [0.25, 0.3) is 0 Å². The lowest BCUT2D eigenvalue weighted by Crippen LogP contribution is -2.46. The summed E-state index contributed by atoms with van der Waals surface area (Å²) in [6.45, 7) is 6.80. The molecule has 0 amide bonds. The first-order valence-corrected chi connectivity index (χ1v) is 14.8. The van der Waals surface area contributed by atoms with Gasteiger partial charge in [0.1, 0.15) is 23.6 Å². The van der Waals surface area contributed by atoms with Crippen molar-refractivity contribution in [2.45, 2.75) is 64.0 Å². The maximum Gasteiger partial charge on any atom is 0.420 e. The molecule has 2 saturated heterocycles. The predicted octanol–water partition coefficient (Wildman–Crippen LogP) is 7.12. The quantitative estimate of drug-likeness (QED) is 0.258. The van der Waals surface area contributed by atoms with Gasteiger partial charge in [-0.3, -0.25) is 0 Å². The Morgan fingerprint density at radius 3 is 2.52 bits per heavy atom. The maximum atomic E-state index is 13.7. The Balaban J connectivity index is 1.42. The Morgan fingerprint density at radius 1 is 1.00 bits per heavy atom. The highest BCUT2D eigenvalue weighted by Gasteiger charge is 2.37. The number of ether oxygens (including phenoxy) is 3. The van der Waals surface area contributed by atoms with Gasteiger partial charge in [-0.2, -0.15) is 13.2 Å². The van der Waals surface area contributed by atoms with E-state index in [0.717, 1.165) is 43.2 Å². The Kier molecular flexibility index (Phi) is 9.32. The fraction of sp³-hybridized carbons (Fsp3) is 0.484. The van der Waals surface area contributed by atoms with Crippen molar-refractivity contribution in [1.82, 2.24) is 14.9 Å². The highest BCUT2D eigenvalue weighted by molar-refractivity contribution is 6.30. The average molecular weight is 605 g/mol. The van der Waals surface area contributed by atoms with Gasteiger partial charge in [0.05, 0.1) is 23.4 Å². The van der Waals surface area contributed by atoms with Crippen LogP contribution in [0.15, 0.2) is 48.7 Å². The molecular weight excluding hydrogens is 569 g/mol. The van der Waals surface area contributed by atoms with Crippen molar-refractivity contribution < 1.29 is 27.4 Å². The summed E-state index contributed by atoms with van der Waals surface area (Å²) in [5.41, 5.74) is 1.49. The minimum absolute atomic E-state index is 0.00315. The van der Waals surface area contributed by atoms with Crippen molar-refractivity contribution in [3.63, 3.8) is 0 Å². The van der Waals surface area contributed by atoms with Gasteiger partial charge in [-0.05, 0) is 69.3 Å². The van der Waals surface area contributed by atoms with Crippen LogP contribution in [-0.4, -0.2) is 66.4 Å². The standard InChI is InChI=1S/C31H36ClF3N4O3/c1-4-21-18-22(41-28-11-8-20(32)17-25(28)31(33,34)35)13-16-39(21)27-10-9-26(24-7-6-14-36-29(24)40-5-2)37-30(27)42-23-12-15-38(3)19-23/h6-11,14,17,21-23H,4-5,12-13,15-16,18-19H2,1-3H3/t21-,22-,23-/m1/s1. The molecule has 5 rings (SSSR count). The Morgan fingerprint density at radius 2 is 1.81 bits per heavy atom. The third kappa shape index (κ3) is 6.86. The van der Waals surface area contributed by atoms with Crippen LogP contribution in [-0.2, 0) is 6.18 Å². The van der Waals surface area contributed by atoms with Gasteiger partial charge in [-0.15, -0.1) is 0 Å². The summed E-state index contributed by atoms with van der Waals surface area (Å²) < 4.78 is 59.3. The number of alkyl halides is 3. The molecule has 226 valence electrons. The Hall–Kier alpha value is -3.24. The van der Waals surface area contributed by atoms with Gasteiger partial charge < -0.3 is 24.0 Å². The predicted molar refractivity (Wildman–Crippen MR) is 157 cm³/mol. The Labute approximate surface area is 249 Å². The highest BCUT2D eigenvalue weighted by Crippen LogP contribution is 2.41. The molecule has 0 radical (unpaired) electrons. The molecule has 3 atom stereocenters. The number of likely N-dealkylation sites (N-methyl/N-ethyl adjacent to an activating group) is 1. The van der Waals surface area contributed by atoms with Crippen molar-refractivity contribution in [1.29, 1.82) is 0 Å². The van der Waals surface area contributed by atoms with E-state index in [1.807, 2.05) is 31.2 Å². The van der Waals surface area contributed by atoms with Crippen molar-refractivity contribution in [3.05, 3.63) is 59.2 Å². The molecule has 2 aromatic heterocycles. The van der Waals surface area contributed by atoms with Gasteiger partial charge in [-0.25, -0.2) is 9.97 Å². The van der Waals surface area contributed by atoms with E-state index >= 15 is 0 Å². The zero-order chi connectivity index (χ0) is 29.9. The number of piperidine rings is 1. The minimum atomic E-state index is -4.56. The highest BCUT2D eigenvalue weighted by atomic mass is 35.5. The van der Waals surface area contributed by atoms with E-state index in [9.17, 15) is 13.2 Å². The number of halogens is 4. The molecule has 0 bridgehead atoms. The summed E-state index contributed by atoms with van der Waals surface area (Å²) in [5.74, 6) is 0.854. The lowest BCUT2D eigenvalue weighted by molar-refractivity contribution is -0.139. The number of hydrogen-bond acceptors (Lipinski definition) is 7. The number of anilines is 1. The van der Waals surface area contributed by atoms with Crippen LogP contribution < -0.4 is 19.1 Å². The summed E-state index contributed by atoms with van der Waals surface area (Å²) in [5, 5.41) is 0.0209. The molecule has 11 heteroatoms. The van der Waals surface area contributed by atoms with Crippen molar-refractivity contribution in [2.24, 2.45) is 0 Å². The largest absolute Gasteiger partial charge is 0.490 e. The zero-order valence-corrected chi connectivity index (χ0v) is 24.8. The number of benzene rings is 1.